The van der Waals surface area contributed by atoms with Gasteiger partial charge in [0.1, 0.15) is 11.5 Å². The van der Waals surface area contributed by atoms with Crippen molar-refractivity contribution in [3.63, 3.8) is 0 Å². The molecular formula is C14H18N4O4. The van der Waals surface area contributed by atoms with E-state index in [0.29, 0.717) is 18.0 Å². The molecule has 0 aliphatic carbocycles. The van der Waals surface area contributed by atoms with Gasteiger partial charge in [0.05, 0.1) is 5.76 Å². The normalized spacial score (nSPS) is 12.0. The van der Waals surface area contributed by atoms with E-state index in [0.717, 1.165) is 5.57 Å². The van der Waals surface area contributed by atoms with E-state index in [2.05, 4.69) is 16.5 Å². The average molecular weight is 306 g/mol. The topological polar surface area (TPSA) is 144 Å². The minimum Gasteiger partial charge on any atom is -0.487 e. The number of nitrogens with zero attached hydrogens (tertiary/aromatic N) is 1. The summed E-state index contributed by atoms with van der Waals surface area (Å²) >= 11 is 0. The van der Waals surface area contributed by atoms with Gasteiger partial charge in [-0.3, -0.25) is 4.79 Å². The zero-order valence-electron chi connectivity index (χ0n) is 12.1. The molecule has 0 saturated carbocycles. The van der Waals surface area contributed by atoms with Gasteiger partial charge in [-0.25, -0.2) is 9.78 Å². The monoisotopic (exact) mass is 306 g/mol. The zero-order chi connectivity index (χ0) is 16.7. The first-order chi connectivity index (χ1) is 10.3. The van der Waals surface area contributed by atoms with E-state index in [1.54, 1.807) is 25.2 Å². The van der Waals surface area contributed by atoms with Crippen LogP contribution >= 0.6 is 0 Å². The molecule has 8 heteroatoms. The first kappa shape index (κ1) is 17.0. The van der Waals surface area contributed by atoms with Crippen molar-refractivity contribution in [2.45, 2.75) is 13.3 Å². The van der Waals surface area contributed by atoms with Crippen LogP contribution in [0.15, 0.2) is 36.1 Å². The lowest BCUT2D eigenvalue weighted by Gasteiger charge is -2.02. The first-order valence-corrected chi connectivity index (χ1v) is 6.32. The number of aromatic nitrogens is 2. The molecule has 0 fully saturated rings. The third-order valence-corrected chi connectivity index (χ3v) is 2.62. The molecule has 0 bridgehead atoms. The van der Waals surface area contributed by atoms with Crippen LogP contribution in [-0.4, -0.2) is 33.6 Å². The molecule has 8 nitrogen and oxygen atoms in total. The highest BCUT2D eigenvalue weighted by molar-refractivity contribution is 5.95. The standard InChI is InChI=1S/C14H18N4O4/c1-3-9(5-4-8(2)22-7-11(19)20)6-10-17-12(14(16)21)13(15)18-10/h3-5H,1,6-7,15H2,2H3,(H2,16,21)(H,17,18)(H,19,20)/b8-4+,9-5+. The lowest BCUT2D eigenvalue weighted by atomic mass is 10.1. The number of H-pyrrole nitrogens is 1. The number of rotatable bonds is 8. The molecule has 0 aliphatic rings. The highest BCUT2D eigenvalue weighted by Gasteiger charge is 2.12. The Morgan fingerprint density at radius 1 is 1.45 bits per heavy atom. The number of allylic oxidation sites excluding steroid dienone is 5. The van der Waals surface area contributed by atoms with Gasteiger partial charge in [0.25, 0.3) is 5.91 Å². The molecule has 0 radical (unpaired) electrons. The Morgan fingerprint density at radius 2 is 2.14 bits per heavy atom. The van der Waals surface area contributed by atoms with Gasteiger partial charge in [-0.15, -0.1) is 0 Å². The Kier molecular flexibility index (Phi) is 5.94. The SMILES string of the molecule is C=C/C(=C\C=C(/C)OCC(=O)O)Cc1nc(N)c(C(N)=O)[nH]1. The van der Waals surface area contributed by atoms with Gasteiger partial charge in [0, 0.05) is 6.42 Å². The number of carboxylic acid groups (broad SMARTS) is 1. The van der Waals surface area contributed by atoms with Crippen molar-refractivity contribution in [3.8, 4) is 0 Å². The Labute approximate surface area is 127 Å². The third-order valence-electron chi connectivity index (χ3n) is 2.62. The molecular weight excluding hydrogens is 288 g/mol. The zero-order valence-corrected chi connectivity index (χ0v) is 12.1. The number of nitrogen functional groups attached to an aromatic ring is 1. The summed E-state index contributed by atoms with van der Waals surface area (Å²) in [6.45, 7) is 4.91. The number of carbonyl (C=O) groups is 2. The number of carboxylic acids is 1. The minimum atomic E-state index is -1.05. The molecule has 0 saturated heterocycles. The fourth-order valence-electron chi connectivity index (χ4n) is 1.55. The van der Waals surface area contributed by atoms with Crippen LogP contribution in [-0.2, 0) is 16.0 Å². The van der Waals surface area contributed by atoms with Crippen LogP contribution in [0.3, 0.4) is 0 Å². The summed E-state index contributed by atoms with van der Waals surface area (Å²) in [7, 11) is 0. The van der Waals surface area contributed by atoms with Crippen molar-refractivity contribution in [3.05, 3.63) is 47.7 Å². The Hall–Kier alpha value is -3.03. The molecule has 1 rings (SSSR count). The number of carbonyl (C=O) groups excluding carboxylic acids is 1. The van der Waals surface area contributed by atoms with Crippen LogP contribution in [0, 0.1) is 0 Å². The maximum Gasteiger partial charge on any atom is 0.341 e. The number of ether oxygens (including phenoxy) is 1. The van der Waals surface area contributed by atoms with Gasteiger partial charge >= 0.3 is 5.97 Å². The molecule has 0 spiro atoms. The summed E-state index contributed by atoms with van der Waals surface area (Å²) in [5, 5.41) is 8.51. The molecule has 1 amide bonds. The number of aromatic amines is 1. The van der Waals surface area contributed by atoms with Crippen molar-refractivity contribution in [2.24, 2.45) is 5.73 Å². The predicted octanol–water partition coefficient (Wildman–Crippen LogP) is 0.751. The van der Waals surface area contributed by atoms with E-state index in [4.69, 9.17) is 21.3 Å². The summed E-state index contributed by atoms with van der Waals surface area (Å²) < 4.78 is 4.98. The second-order valence-corrected chi connectivity index (χ2v) is 4.39. The third kappa shape index (κ3) is 5.16. The van der Waals surface area contributed by atoms with Gasteiger partial charge in [0.15, 0.2) is 12.4 Å². The van der Waals surface area contributed by atoms with Crippen molar-refractivity contribution >= 4 is 17.7 Å². The lowest BCUT2D eigenvalue weighted by molar-refractivity contribution is -0.140. The second kappa shape index (κ2) is 7.67. The van der Waals surface area contributed by atoms with E-state index in [9.17, 15) is 9.59 Å². The van der Waals surface area contributed by atoms with Crippen LogP contribution in [0.2, 0.25) is 0 Å². The summed E-state index contributed by atoms with van der Waals surface area (Å²) in [5.74, 6) is -0.778. The second-order valence-electron chi connectivity index (χ2n) is 4.39. The van der Waals surface area contributed by atoms with E-state index >= 15 is 0 Å². The summed E-state index contributed by atoms with van der Waals surface area (Å²) in [6, 6.07) is 0. The van der Waals surface area contributed by atoms with Crippen molar-refractivity contribution < 1.29 is 19.4 Å². The number of hydrogen-bond donors (Lipinski definition) is 4. The average Bonchev–Trinajstić information content (AvgIpc) is 2.82. The van der Waals surface area contributed by atoms with Crippen molar-refractivity contribution in [1.82, 2.24) is 9.97 Å². The van der Waals surface area contributed by atoms with Crippen LogP contribution in [0.5, 0.6) is 0 Å². The maximum atomic E-state index is 11.1. The van der Waals surface area contributed by atoms with Crippen molar-refractivity contribution in [2.75, 3.05) is 12.3 Å². The number of primary amides is 1. The van der Waals surface area contributed by atoms with Gasteiger partial charge in [-0.05, 0) is 18.6 Å². The van der Waals surface area contributed by atoms with Crippen LogP contribution in [0.1, 0.15) is 23.2 Å². The number of amides is 1. The molecule has 6 N–H and O–H groups in total. The molecule has 1 heterocycles. The quantitative estimate of drug-likeness (QED) is 0.412. The molecule has 1 aromatic rings. The minimum absolute atomic E-state index is 0.0439. The smallest absolute Gasteiger partial charge is 0.341 e. The van der Waals surface area contributed by atoms with Crippen LogP contribution < -0.4 is 11.5 Å². The van der Waals surface area contributed by atoms with E-state index < -0.39 is 18.5 Å². The van der Waals surface area contributed by atoms with Crippen LogP contribution in [0.4, 0.5) is 5.82 Å². The van der Waals surface area contributed by atoms with Gasteiger partial charge in [-0.1, -0.05) is 18.7 Å². The van der Waals surface area contributed by atoms with E-state index in [1.165, 1.54) is 0 Å². The lowest BCUT2D eigenvalue weighted by Crippen LogP contribution is -2.13. The molecule has 118 valence electrons. The Bertz CT molecular complexity index is 643. The Morgan fingerprint density at radius 3 is 2.64 bits per heavy atom. The number of hydrogen-bond acceptors (Lipinski definition) is 5. The Balaban J connectivity index is 2.80. The number of nitrogens with one attached hydrogen (secondary N) is 1. The number of imidazole rings is 1. The molecule has 1 aromatic heterocycles. The fourth-order valence-corrected chi connectivity index (χ4v) is 1.55. The highest BCUT2D eigenvalue weighted by atomic mass is 16.5. The van der Waals surface area contributed by atoms with Gasteiger partial charge in [-0.2, -0.15) is 0 Å². The predicted molar refractivity (Wildman–Crippen MR) is 80.8 cm³/mol. The molecule has 0 unspecified atom stereocenters. The molecule has 0 atom stereocenters. The highest BCUT2D eigenvalue weighted by Crippen LogP contribution is 2.12. The largest absolute Gasteiger partial charge is 0.487 e. The number of nitrogens with two attached hydrogens (primary N) is 2. The molecule has 0 aliphatic heterocycles. The maximum absolute atomic E-state index is 11.1. The molecule has 0 aromatic carbocycles. The summed E-state index contributed by atoms with van der Waals surface area (Å²) in [5.41, 5.74) is 11.6. The fraction of sp³-hybridized carbons (Fsp3) is 0.214. The van der Waals surface area contributed by atoms with E-state index in [1.807, 2.05) is 0 Å². The van der Waals surface area contributed by atoms with Gasteiger partial charge < -0.3 is 26.3 Å². The molecule has 22 heavy (non-hydrogen) atoms. The van der Waals surface area contributed by atoms with Crippen molar-refractivity contribution in [1.29, 1.82) is 0 Å². The number of aliphatic carboxylic acids is 1. The number of anilines is 1. The van der Waals surface area contributed by atoms with E-state index in [-0.39, 0.29) is 11.5 Å². The van der Waals surface area contributed by atoms with Gasteiger partial charge in [0.2, 0.25) is 0 Å². The summed E-state index contributed by atoms with van der Waals surface area (Å²) in [6.07, 6.45) is 5.27. The first-order valence-electron chi connectivity index (χ1n) is 6.32. The summed E-state index contributed by atoms with van der Waals surface area (Å²) in [4.78, 5) is 28.2. The van der Waals surface area contributed by atoms with Crippen LogP contribution in [0.25, 0.3) is 0 Å².